The van der Waals surface area contributed by atoms with Crippen molar-refractivity contribution in [1.82, 2.24) is 0 Å². The molecule has 0 fully saturated rings. The number of nitrogens with two attached hydrogens (primary N) is 1. The number of thioether (sulfide) groups is 1. The lowest BCUT2D eigenvalue weighted by Crippen LogP contribution is -1.99. The van der Waals surface area contributed by atoms with Crippen LogP contribution in [0.3, 0.4) is 0 Å². The molecule has 0 aromatic rings. The van der Waals surface area contributed by atoms with Crippen molar-refractivity contribution in [3.63, 3.8) is 0 Å². The van der Waals surface area contributed by atoms with Gasteiger partial charge in [0.25, 0.3) is 0 Å². The summed E-state index contributed by atoms with van der Waals surface area (Å²) >= 11 is 1.05. The third-order valence-electron chi connectivity index (χ3n) is 0.646. The molecule has 0 aromatic carbocycles. The Bertz CT molecular complexity index is 186. The van der Waals surface area contributed by atoms with Crippen LogP contribution in [-0.2, 0) is 4.79 Å². The lowest BCUT2D eigenvalue weighted by molar-refractivity contribution is -0.131. The Hall–Kier alpha value is -0.900. The van der Waals surface area contributed by atoms with Gasteiger partial charge in [0, 0.05) is 6.20 Å². The summed E-state index contributed by atoms with van der Waals surface area (Å²) in [6.45, 7) is 5.25. The first kappa shape index (κ1) is 9.10. The van der Waals surface area contributed by atoms with Crippen LogP contribution in [-0.4, -0.2) is 11.1 Å². The van der Waals surface area contributed by atoms with E-state index in [1.165, 1.54) is 0 Å². The lowest BCUT2D eigenvalue weighted by atomic mass is 10.6. The van der Waals surface area contributed by atoms with Crippen LogP contribution in [0, 0.1) is 0 Å². The third kappa shape index (κ3) is 3.19. The van der Waals surface area contributed by atoms with E-state index < -0.39 is 5.97 Å². The van der Waals surface area contributed by atoms with Crippen LogP contribution in [0.5, 0.6) is 0 Å². The van der Waals surface area contributed by atoms with E-state index in [2.05, 4.69) is 6.58 Å². The highest BCUT2D eigenvalue weighted by Gasteiger charge is 2.05. The zero-order valence-corrected chi connectivity index (χ0v) is 6.44. The minimum absolute atomic E-state index is 0.104. The maximum absolute atomic E-state index is 10.3. The van der Waals surface area contributed by atoms with Crippen LogP contribution in [0.4, 0.5) is 0 Å². The summed E-state index contributed by atoms with van der Waals surface area (Å²) < 4.78 is 0. The predicted molar refractivity (Wildman–Crippen MR) is 42.3 cm³/mol. The third-order valence-corrected chi connectivity index (χ3v) is 1.53. The first-order valence-corrected chi connectivity index (χ1v) is 3.38. The molecule has 0 saturated carbocycles. The fourth-order valence-electron chi connectivity index (χ4n) is 0.337. The Kier molecular flexibility index (Phi) is 3.64. The summed E-state index contributed by atoms with van der Waals surface area (Å²) in [4.78, 5) is 11.1. The van der Waals surface area contributed by atoms with E-state index in [4.69, 9.17) is 10.8 Å². The second-order valence-corrected chi connectivity index (χ2v) is 2.98. The van der Waals surface area contributed by atoms with Gasteiger partial charge in [-0.15, -0.1) is 0 Å². The van der Waals surface area contributed by atoms with E-state index in [0.717, 1.165) is 18.0 Å². The Labute approximate surface area is 63.6 Å². The predicted octanol–water partition coefficient (Wildman–Crippen LogP) is 1.14. The standard InChI is InChI=1S/C6H9NO2S/c1-4(2)10-5(3-7)6(8)9/h3H,1,7H2,2H3,(H,8,9)/b5-3-. The molecule has 0 radical (unpaired) electrons. The maximum Gasteiger partial charge on any atom is 0.344 e. The van der Waals surface area contributed by atoms with Gasteiger partial charge < -0.3 is 10.8 Å². The number of aliphatic carboxylic acids is 1. The van der Waals surface area contributed by atoms with Crippen molar-refractivity contribution < 1.29 is 9.90 Å². The van der Waals surface area contributed by atoms with Gasteiger partial charge in [0.2, 0.25) is 0 Å². The Morgan fingerprint density at radius 2 is 2.30 bits per heavy atom. The molecule has 0 amide bonds. The quantitative estimate of drug-likeness (QED) is 0.606. The summed E-state index contributed by atoms with van der Waals surface area (Å²) in [5, 5.41) is 8.41. The Morgan fingerprint density at radius 3 is 2.40 bits per heavy atom. The number of carboxylic acids is 1. The van der Waals surface area contributed by atoms with Crippen LogP contribution in [0.1, 0.15) is 6.92 Å². The Morgan fingerprint density at radius 1 is 1.80 bits per heavy atom. The fraction of sp³-hybridized carbons (Fsp3) is 0.167. The molecular weight excluding hydrogens is 150 g/mol. The van der Waals surface area contributed by atoms with E-state index >= 15 is 0 Å². The van der Waals surface area contributed by atoms with E-state index in [-0.39, 0.29) is 4.91 Å². The second kappa shape index (κ2) is 4.00. The van der Waals surface area contributed by atoms with Gasteiger partial charge in [0.15, 0.2) is 0 Å². The van der Waals surface area contributed by atoms with E-state index in [1.807, 2.05) is 0 Å². The van der Waals surface area contributed by atoms with Crippen molar-refractivity contribution in [2.45, 2.75) is 6.92 Å². The molecule has 3 N–H and O–H groups in total. The molecule has 10 heavy (non-hydrogen) atoms. The molecule has 56 valence electrons. The first-order chi connectivity index (χ1) is 4.57. The molecule has 0 spiro atoms. The molecule has 0 unspecified atom stereocenters. The molecule has 0 rings (SSSR count). The topological polar surface area (TPSA) is 63.3 Å². The van der Waals surface area contributed by atoms with Crippen LogP contribution < -0.4 is 5.73 Å². The Balaban J connectivity index is 4.12. The number of rotatable bonds is 3. The van der Waals surface area contributed by atoms with Crippen LogP contribution >= 0.6 is 11.8 Å². The van der Waals surface area contributed by atoms with Gasteiger partial charge in [-0.3, -0.25) is 0 Å². The summed E-state index contributed by atoms with van der Waals surface area (Å²) in [6, 6.07) is 0. The number of hydrogen-bond acceptors (Lipinski definition) is 3. The van der Waals surface area contributed by atoms with Gasteiger partial charge in [-0.25, -0.2) is 4.79 Å². The second-order valence-electron chi connectivity index (χ2n) is 1.64. The van der Waals surface area contributed by atoms with Gasteiger partial charge in [0.05, 0.1) is 0 Å². The average molecular weight is 159 g/mol. The molecule has 0 saturated heterocycles. The monoisotopic (exact) mass is 159 g/mol. The number of allylic oxidation sites excluding steroid dienone is 1. The van der Waals surface area contributed by atoms with Crippen molar-refractivity contribution in [2.75, 3.05) is 0 Å². The van der Waals surface area contributed by atoms with Crippen LogP contribution in [0.15, 0.2) is 22.6 Å². The molecule has 0 atom stereocenters. The molecule has 0 aliphatic rings. The SMILES string of the molecule is C=C(C)S/C(=C\N)C(=O)O. The highest BCUT2D eigenvalue weighted by Crippen LogP contribution is 2.21. The van der Waals surface area contributed by atoms with Crippen molar-refractivity contribution in [3.8, 4) is 0 Å². The summed E-state index contributed by atoms with van der Waals surface area (Å²) in [5.41, 5.74) is 5.02. The van der Waals surface area contributed by atoms with Gasteiger partial charge >= 0.3 is 5.97 Å². The fourth-order valence-corrected chi connectivity index (χ4v) is 0.867. The highest BCUT2D eigenvalue weighted by atomic mass is 32.2. The number of carbonyl (C=O) groups is 1. The van der Waals surface area contributed by atoms with E-state index in [9.17, 15) is 4.79 Å². The average Bonchev–Trinajstić information content (AvgIpc) is 1.81. The van der Waals surface area contributed by atoms with E-state index in [1.54, 1.807) is 6.92 Å². The summed E-state index contributed by atoms with van der Waals surface area (Å²) in [6.07, 6.45) is 1.06. The molecule has 0 aromatic heterocycles. The van der Waals surface area contributed by atoms with Gasteiger partial charge in [-0.05, 0) is 11.8 Å². The zero-order valence-electron chi connectivity index (χ0n) is 5.63. The normalized spacial score (nSPS) is 11.1. The smallest absolute Gasteiger partial charge is 0.344 e. The summed E-state index contributed by atoms with van der Waals surface area (Å²) in [5.74, 6) is -1.02. The largest absolute Gasteiger partial charge is 0.477 e. The van der Waals surface area contributed by atoms with Crippen molar-refractivity contribution in [3.05, 3.63) is 22.6 Å². The molecule has 0 bridgehead atoms. The minimum Gasteiger partial charge on any atom is -0.477 e. The molecule has 0 aliphatic carbocycles. The van der Waals surface area contributed by atoms with Crippen molar-refractivity contribution in [2.24, 2.45) is 5.73 Å². The molecule has 0 aliphatic heterocycles. The van der Waals surface area contributed by atoms with Crippen molar-refractivity contribution >= 4 is 17.7 Å². The lowest BCUT2D eigenvalue weighted by Gasteiger charge is -1.97. The van der Waals surface area contributed by atoms with Crippen molar-refractivity contribution in [1.29, 1.82) is 0 Å². The van der Waals surface area contributed by atoms with Crippen LogP contribution in [0.2, 0.25) is 0 Å². The number of carboxylic acid groups (broad SMARTS) is 1. The van der Waals surface area contributed by atoms with Gasteiger partial charge in [-0.2, -0.15) is 0 Å². The minimum atomic E-state index is -1.02. The number of hydrogen-bond donors (Lipinski definition) is 2. The van der Waals surface area contributed by atoms with Gasteiger partial charge in [0.1, 0.15) is 4.91 Å². The highest BCUT2D eigenvalue weighted by molar-refractivity contribution is 8.07. The van der Waals surface area contributed by atoms with Gasteiger partial charge in [-0.1, -0.05) is 18.3 Å². The molecule has 4 heteroatoms. The van der Waals surface area contributed by atoms with E-state index in [0.29, 0.717) is 4.91 Å². The molecule has 0 heterocycles. The maximum atomic E-state index is 10.3. The molecule has 3 nitrogen and oxygen atoms in total. The first-order valence-electron chi connectivity index (χ1n) is 2.56. The summed E-state index contributed by atoms with van der Waals surface area (Å²) in [7, 11) is 0. The molecular formula is C6H9NO2S. The zero-order chi connectivity index (χ0) is 8.15. The van der Waals surface area contributed by atoms with Crippen LogP contribution in [0.25, 0.3) is 0 Å².